The van der Waals surface area contributed by atoms with Crippen LogP contribution in [0, 0.1) is 0 Å². The van der Waals surface area contributed by atoms with E-state index >= 15 is 0 Å². The highest BCUT2D eigenvalue weighted by molar-refractivity contribution is 5.56. The van der Waals surface area contributed by atoms with Crippen molar-refractivity contribution in [3.05, 3.63) is 11.6 Å². The van der Waals surface area contributed by atoms with Crippen LogP contribution in [0.25, 0.3) is 0 Å². The first-order chi connectivity index (χ1) is 8.65. The fourth-order valence-electron chi connectivity index (χ4n) is 1.41. The second-order valence-corrected chi connectivity index (χ2v) is 4.07. The Balaban J connectivity index is 3.08. The lowest BCUT2D eigenvalue weighted by Gasteiger charge is -2.12. The Morgan fingerprint density at radius 1 is 1.17 bits per heavy atom. The maximum Gasteiger partial charge on any atom is 0.183 e. The number of methoxy groups -OCH3 is 2. The SMILES string of the molecule is CCCC=Nn1c([C@H](C)OC)nnc1[C@H](C)OC. The highest BCUT2D eigenvalue weighted by Crippen LogP contribution is 2.20. The van der Waals surface area contributed by atoms with E-state index in [0.717, 1.165) is 12.8 Å². The van der Waals surface area contributed by atoms with Crippen molar-refractivity contribution in [2.45, 2.75) is 45.8 Å². The molecule has 18 heavy (non-hydrogen) atoms. The van der Waals surface area contributed by atoms with E-state index in [4.69, 9.17) is 9.47 Å². The maximum atomic E-state index is 5.27. The molecular weight excluding hydrogens is 232 g/mol. The van der Waals surface area contributed by atoms with Gasteiger partial charge in [0.05, 0.1) is 0 Å². The predicted molar refractivity (Wildman–Crippen MR) is 69.7 cm³/mol. The van der Waals surface area contributed by atoms with E-state index in [0.29, 0.717) is 11.6 Å². The van der Waals surface area contributed by atoms with Crippen molar-refractivity contribution < 1.29 is 9.47 Å². The van der Waals surface area contributed by atoms with Crippen LogP contribution in [0.2, 0.25) is 0 Å². The summed E-state index contributed by atoms with van der Waals surface area (Å²) in [6, 6.07) is 0. The average molecular weight is 254 g/mol. The van der Waals surface area contributed by atoms with E-state index < -0.39 is 0 Å². The number of hydrogen-bond donors (Lipinski definition) is 0. The molecule has 0 aromatic carbocycles. The minimum atomic E-state index is -0.158. The summed E-state index contributed by atoms with van der Waals surface area (Å²) in [6.07, 6.45) is 3.51. The van der Waals surface area contributed by atoms with Gasteiger partial charge in [0.15, 0.2) is 11.6 Å². The summed E-state index contributed by atoms with van der Waals surface area (Å²) in [6.45, 7) is 5.93. The zero-order valence-corrected chi connectivity index (χ0v) is 11.8. The van der Waals surface area contributed by atoms with Crippen LogP contribution in [0.4, 0.5) is 0 Å². The molecule has 6 heteroatoms. The van der Waals surface area contributed by atoms with E-state index in [2.05, 4.69) is 22.2 Å². The fraction of sp³-hybridized carbons (Fsp3) is 0.750. The van der Waals surface area contributed by atoms with Crippen LogP contribution >= 0.6 is 0 Å². The zero-order chi connectivity index (χ0) is 13.5. The highest BCUT2D eigenvalue weighted by Gasteiger charge is 2.20. The van der Waals surface area contributed by atoms with Crippen molar-refractivity contribution in [3.8, 4) is 0 Å². The number of ether oxygens (including phenoxy) is 2. The molecule has 102 valence electrons. The molecule has 0 spiro atoms. The summed E-state index contributed by atoms with van der Waals surface area (Å²) in [5.41, 5.74) is 0. The second-order valence-electron chi connectivity index (χ2n) is 4.07. The van der Waals surface area contributed by atoms with Gasteiger partial charge in [-0.05, 0) is 20.3 Å². The third-order valence-electron chi connectivity index (χ3n) is 2.74. The van der Waals surface area contributed by atoms with Crippen LogP contribution in [0.15, 0.2) is 5.10 Å². The Kier molecular flexibility index (Phi) is 5.94. The molecule has 6 nitrogen and oxygen atoms in total. The van der Waals surface area contributed by atoms with Crippen molar-refractivity contribution in [3.63, 3.8) is 0 Å². The number of aromatic nitrogens is 3. The van der Waals surface area contributed by atoms with E-state index in [1.54, 1.807) is 18.9 Å². The van der Waals surface area contributed by atoms with E-state index in [1.807, 2.05) is 20.1 Å². The van der Waals surface area contributed by atoms with Gasteiger partial charge in [-0.25, -0.2) is 0 Å². The van der Waals surface area contributed by atoms with Crippen LogP contribution in [-0.4, -0.2) is 35.3 Å². The molecule has 1 aromatic heterocycles. The quantitative estimate of drug-likeness (QED) is 0.701. The summed E-state index contributed by atoms with van der Waals surface area (Å²) in [7, 11) is 3.28. The van der Waals surface area contributed by atoms with Gasteiger partial charge >= 0.3 is 0 Å². The third kappa shape index (κ3) is 3.36. The van der Waals surface area contributed by atoms with Crippen molar-refractivity contribution in [2.75, 3.05) is 14.2 Å². The Bertz CT molecular complexity index is 362. The molecule has 0 aliphatic rings. The van der Waals surface area contributed by atoms with Crippen molar-refractivity contribution in [1.29, 1.82) is 0 Å². The molecule has 0 amide bonds. The molecule has 2 atom stereocenters. The van der Waals surface area contributed by atoms with Crippen LogP contribution in [-0.2, 0) is 9.47 Å². The molecule has 0 N–H and O–H groups in total. The highest BCUT2D eigenvalue weighted by atomic mass is 16.5. The lowest BCUT2D eigenvalue weighted by atomic mass is 10.3. The molecule has 1 rings (SSSR count). The van der Waals surface area contributed by atoms with Gasteiger partial charge in [0.1, 0.15) is 12.2 Å². The predicted octanol–water partition coefficient (Wildman–Crippen LogP) is 2.33. The van der Waals surface area contributed by atoms with Crippen LogP contribution in [0.1, 0.15) is 57.5 Å². The first-order valence-corrected chi connectivity index (χ1v) is 6.19. The molecule has 0 bridgehead atoms. The monoisotopic (exact) mass is 254 g/mol. The lowest BCUT2D eigenvalue weighted by molar-refractivity contribution is 0.101. The van der Waals surface area contributed by atoms with E-state index in [9.17, 15) is 0 Å². The van der Waals surface area contributed by atoms with Gasteiger partial charge in [0.2, 0.25) is 0 Å². The summed E-state index contributed by atoms with van der Waals surface area (Å²) >= 11 is 0. The topological polar surface area (TPSA) is 61.5 Å². The standard InChI is InChI=1S/C12H22N4O2/c1-6-7-8-13-16-11(9(2)17-4)14-15-12(16)10(3)18-5/h8-10H,6-7H2,1-5H3/t9-,10-/m0/s1. The third-order valence-corrected chi connectivity index (χ3v) is 2.74. The van der Waals surface area contributed by atoms with Crippen LogP contribution in [0.3, 0.4) is 0 Å². The van der Waals surface area contributed by atoms with Gasteiger partial charge in [-0.15, -0.1) is 10.2 Å². The first-order valence-electron chi connectivity index (χ1n) is 6.19. The molecule has 1 heterocycles. The Hall–Kier alpha value is -1.27. The molecule has 0 unspecified atom stereocenters. The van der Waals surface area contributed by atoms with Gasteiger partial charge in [0, 0.05) is 20.4 Å². The molecule has 0 radical (unpaired) electrons. The van der Waals surface area contributed by atoms with Gasteiger partial charge < -0.3 is 9.47 Å². The van der Waals surface area contributed by atoms with Crippen molar-refractivity contribution >= 4 is 6.21 Å². The number of rotatable bonds is 7. The molecular formula is C12H22N4O2. The summed E-state index contributed by atoms with van der Waals surface area (Å²) in [4.78, 5) is 0. The summed E-state index contributed by atoms with van der Waals surface area (Å²) < 4.78 is 12.3. The molecule has 1 aromatic rings. The van der Waals surface area contributed by atoms with Crippen LogP contribution < -0.4 is 0 Å². The number of nitrogens with zero attached hydrogens (tertiary/aromatic N) is 4. The second kappa shape index (κ2) is 7.23. The minimum Gasteiger partial charge on any atom is -0.374 e. The largest absolute Gasteiger partial charge is 0.374 e. The van der Waals surface area contributed by atoms with E-state index in [-0.39, 0.29) is 12.2 Å². The Labute approximate surface area is 108 Å². The molecule has 0 aliphatic heterocycles. The molecule has 0 fully saturated rings. The van der Waals surface area contributed by atoms with Gasteiger partial charge in [0.25, 0.3) is 0 Å². The Morgan fingerprint density at radius 2 is 1.67 bits per heavy atom. The van der Waals surface area contributed by atoms with Gasteiger partial charge in [-0.1, -0.05) is 13.3 Å². The fourth-order valence-corrected chi connectivity index (χ4v) is 1.41. The molecule has 0 saturated carbocycles. The normalized spacial score (nSPS) is 15.2. The lowest BCUT2D eigenvalue weighted by Crippen LogP contribution is -2.10. The molecule has 0 aliphatic carbocycles. The average Bonchev–Trinajstić information content (AvgIpc) is 2.81. The number of unbranched alkanes of at least 4 members (excludes halogenated alkanes) is 1. The van der Waals surface area contributed by atoms with Gasteiger partial charge in [-0.2, -0.15) is 9.78 Å². The minimum absolute atomic E-state index is 0.158. The maximum absolute atomic E-state index is 5.27. The van der Waals surface area contributed by atoms with Crippen molar-refractivity contribution in [1.82, 2.24) is 14.9 Å². The first kappa shape index (κ1) is 14.8. The smallest absolute Gasteiger partial charge is 0.183 e. The van der Waals surface area contributed by atoms with Crippen LogP contribution in [0.5, 0.6) is 0 Å². The number of hydrogen-bond acceptors (Lipinski definition) is 5. The van der Waals surface area contributed by atoms with Gasteiger partial charge in [-0.3, -0.25) is 0 Å². The summed E-state index contributed by atoms with van der Waals surface area (Å²) in [5.74, 6) is 1.37. The summed E-state index contributed by atoms with van der Waals surface area (Å²) in [5, 5.41) is 12.7. The molecule has 0 saturated heterocycles. The zero-order valence-electron chi connectivity index (χ0n) is 11.8. The Morgan fingerprint density at radius 3 is 2.06 bits per heavy atom. The van der Waals surface area contributed by atoms with Crippen molar-refractivity contribution in [2.24, 2.45) is 5.10 Å². The van der Waals surface area contributed by atoms with E-state index in [1.165, 1.54) is 0 Å².